The van der Waals surface area contributed by atoms with Crippen molar-refractivity contribution in [3.8, 4) is 0 Å². The number of fused-ring (bicyclic) bond motifs is 1. The summed E-state index contributed by atoms with van der Waals surface area (Å²) in [4.78, 5) is 2.62. The Kier molecular flexibility index (Phi) is 3.58. The molecule has 0 aliphatic carbocycles. The van der Waals surface area contributed by atoms with Crippen molar-refractivity contribution in [3.63, 3.8) is 0 Å². The molecule has 1 aliphatic heterocycles. The van der Waals surface area contributed by atoms with E-state index in [1.165, 1.54) is 22.9 Å². The smallest absolute Gasteiger partial charge is 0.0481 e. The molecule has 2 heterocycles. The van der Waals surface area contributed by atoms with Gasteiger partial charge in [0, 0.05) is 56.4 Å². The lowest BCUT2D eigenvalue weighted by Crippen LogP contribution is -2.45. The Morgan fingerprint density at radius 1 is 1.21 bits per heavy atom. The Balaban J connectivity index is 2.01. The highest BCUT2D eigenvalue weighted by molar-refractivity contribution is 5.84. The normalized spacial score (nSPS) is 18.8. The van der Waals surface area contributed by atoms with E-state index in [9.17, 15) is 0 Å². The highest BCUT2D eigenvalue weighted by atomic mass is 15.2. The van der Waals surface area contributed by atoms with Gasteiger partial charge in [0.15, 0.2) is 0 Å². The predicted octanol–water partition coefficient (Wildman–Crippen LogP) is 2.53. The van der Waals surface area contributed by atoms with Crippen LogP contribution in [-0.4, -0.2) is 35.6 Å². The molecule has 1 aromatic carbocycles. The topological polar surface area (TPSA) is 20.2 Å². The van der Waals surface area contributed by atoms with Gasteiger partial charge in [-0.25, -0.2) is 0 Å². The second kappa shape index (κ2) is 5.35. The van der Waals surface area contributed by atoms with Gasteiger partial charge in [0.2, 0.25) is 0 Å². The molecule has 19 heavy (non-hydrogen) atoms. The maximum atomic E-state index is 3.44. The van der Waals surface area contributed by atoms with Crippen LogP contribution in [0.2, 0.25) is 0 Å². The third kappa shape index (κ3) is 2.28. The fourth-order valence-electron chi connectivity index (χ4n) is 3.31. The lowest BCUT2D eigenvalue weighted by atomic mass is 10.0. The van der Waals surface area contributed by atoms with Crippen molar-refractivity contribution >= 4 is 10.9 Å². The van der Waals surface area contributed by atoms with Crippen LogP contribution in [0.1, 0.15) is 24.9 Å². The van der Waals surface area contributed by atoms with E-state index >= 15 is 0 Å². The predicted molar refractivity (Wildman–Crippen MR) is 80.4 cm³/mol. The second-order valence-electron chi connectivity index (χ2n) is 5.42. The molecule has 3 nitrogen and oxygen atoms in total. The van der Waals surface area contributed by atoms with Gasteiger partial charge in [-0.1, -0.05) is 25.1 Å². The van der Waals surface area contributed by atoms with Crippen molar-refractivity contribution in [2.24, 2.45) is 7.05 Å². The van der Waals surface area contributed by atoms with Gasteiger partial charge in [0.1, 0.15) is 0 Å². The molecule has 1 N–H and O–H groups in total. The summed E-state index contributed by atoms with van der Waals surface area (Å²) in [6.07, 6.45) is 3.49. The van der Waals surface area contributed by atoms with Crippen molar-refractivity contribution in [3.05, 3.63) is 36.0 Å². The van der Waals surface area contributed by atoms with Crippen molar-refractivity contribution < 1.29 is 0 Å². The van der Waals surface area contributed by atoms with Crippen LogP contribution in [0.5, 0.6) is 0 Å². The minimum absolute atomic E-state index is 0.549. The lowest BCUT2D eigenvalue weighted by molar-refractivity contribution is 0.170. The van der Waals surface area contributed by atoms with Gasteiger partial charge in [-0.15, -0.1) is 0 Å². The molecule has 1 aromatic heterocycles. The van der Waals surface area contributed by atoms with Crippen LogP contribution in [-0.2, 0) is 7.05 Å². The van der Waals surface area contributed by atoms with Crippen molar-refractivity contribution in [1.82, 2.24) is 14.8 Å². The van der Waals surface area contributed by atoms with Crippen LogP contribution in [0.15, 0.2) is 30.5 Å². The standard InChI is InChI=1S/C16H23N3/c1-3-15(19-10-8-17-9-11-19)14-12-18(2)16-7-5-4-6-13(14)16/h4-7,12,15,17H,3,8-11H2,1-2H3/t15-/m0/s1. The first-order valence-electron chi connectivity index (χ1n) is 7.30. The molecule has 1 aliphatic rings. The molecule has 1 saturated heterocycles. The van der Waals surface area contributed by atoms with Crippen molar-refractivity contribution in [2.75, 3.05) is 26.2 Å². The molecule has 0 bridgehead atoms. The van der Waals surface area contributed by atoms with Gasteiger partial charge < -0.3 is 9.88 Å². The van der Waals surface area contributed by atoms with Crippen molar-refractivity contribution in [1.29, 1.82) is 0 Å². The first-order valence-corrected chi connectivity index (χ1v) is 7.30. The van der Waals surface area contributed by atoms with E-state index in [-0.39, 0.29) is 0 Å². The van der Waals surface area contributed by atoms with Crippen LogP contribution in [0, 0.1) is 0 Å². The van der Waals surface area contributed by atoms with E-state index < -0.39 is 0 Å². The zero-order chi connectivity index (χ0) is 13.2. The first-order chi connectivity index (χ1) is 9.31. The third-order valence-electron chi connectivity index (χ3n) is 4.27. The van der Waals surface area contributed by atoms with E-state index in [1.54, 1.807) is 0 Å². The van der Waals surface area contributed by atoms with E-state index in [0.29, 0.717) is 6.04 Å². The summed E-state index contributed by atoms with van der Waals surface area (Å²) in [6, 6.07) is 9.29. The molecule has 0 amide bonds. The molecule has 0 radical (unpaired) electrons. The third-order valence-corrected chi connectivity index (χ3v) is 4.27. The van der Waals surface area contributed by atoms with Crippen LogP contribution < -0.4 is 5.32 Å². The maximum Gasteiger partial charge on any atom is 0.0481 e. The molecule has 0 spiro atoms. The number of para-hydroxylation sites is 1. The van der Waals surface area contributed by atoms with E-state index in [2.05, 4.69) is 59.2 Å². The quantitative estimate of drug-likeness (QED) is 0.912. The number of hydrogen-bond donors (Lipinski definition) is 1. The minimum atomic E-state index is 0.549. The van der Waals surface area contributed by atoms with Gasteiger partial charge >= 0.3 is 0 Å². The van der Waals surface area contributed by atoms with Gasteiger partial charge in [0.05, 0.1) is 0 Å². The summed E-state index contributed by atoms with van der Waals surface area (Å²) in [7, 11) is 2.15. The summed E-state index contributed by atoms with van der Waals surface area (Å²) < 4.78 is 2.26. The lowest BCUT2D eigenvalue weighted by Gasteiger charge is -2.34. The zero-order valence-corrected chi connectivity index (χ0v) is 11.9. The number of nitrogens with one attached hydrogen (secondary N) is 1. The average molecular weight is 257 g/mol. The van der Waals surface area contributed by atoms with Gasteiger partial charge in [-0.3, -0.25) is 4.90 Å². The maximum absolute atomic E-state index is 3.44. The summed E-state index contributed by atoms with van der Waals surface area (Å²) in [5.41, 5.74) is 2.83. The Labute approximate surface area is 115 Å². The molecule has 0 saturated carbocycles. The van der Waals surface area contributed by atoms with Crippen LogP contribution in [0.3, 0.4) is 0 Å². The molecular formula is C16H23N3. The Morgan fingerprint density at radius 3 is 2.68 bits per heavy atom. The number of nitrogens with zero attached hydrogens (tertiary/aromatic N) is 2. The Hall–Kier alpha value is -1.32. The summed E-state index contributed by atoms with van der Waals surface area (Å²) in [5, 5.41) is 4.85. The highest BCUT2D eigenvalue weighted by Gasteiger charge is 2.23. The summed E-state index contributed by atoms with van der Waals surface area (Å²) in [6.45, 7) is 6.83. The number of benzene rings is 1. The zero-order valence-electron chi connectivity index (χ0n) is 11.9. The number of aromatic nitrogens is 1. The summed E-state index contributed by atoms with van der Waals surface area (Å²) >= 11 is 0. The van der Waals surface area contributed by atoms with Gasteiger partial charge in [0.25, 0.3) is 0 Å². The van der Waals surface area contributed by atoms with Crippen molar-refractivity contribution in [2.45, 2.75) is 19.4 Å². The second-order valence-corrected chi connectivity index (χ2v) is 5.42. The summed E-state index contributed by atoms with van der Waals surface area (Å²) in [5.74, 6) is 0. The monoisotopic (exact) mass is 257 g/mol. The van der Waals surface area contributed by atoms with Crippen LogP contribution in [0.4, 0.5) is 0 Å². The van der Waals surface area contributed by atoms with E-state index in [0.717, 1.165) is 26.2 Å². The first kappa shape index (κ1) is 12.7. The molecule has 1 atom stereocenters. The number of aryl methyl sites for hydroxylation is 1. The molecule has 2 aromatic rings. The molecule has 3 heteroatoms. The average Bonchev–Trinajstić information content (AvgIpc) is 2.79. The van der Waals surface area contributed by atoms with Crippen LogP contribution in [0.25, 0.3) is 10.9 Å². The van der Waals surface area contributed by atoms with Gasteiger partial charge in [-0.2, -0.15) is 0 Å². The number of rotatable bonds is 3. The Bertz CT molecular complexity index is 552. The molecule has 0 unspecified atom stereocenters. The number of piperazine rings is 1. The highest BCUT2D eigenvalue weighted by Crippen LogP contribution is 2.31. The molecule has 3 rings (SSSR count). The SMILES string of the molecule is CC[C@@H](c1cn(C)c2ccccc12)N1CCNCC1. The Morgan fingerprint density at radius 2 is 1.95 bits per heavy atom. The molecule has 1 fully saturated rings. The minimum Gasteiger partial charge on any atom is -0.350 e. The molecule has 102 valence electrons. The fraction of sp³-hybridized carbons (Fsp3) is 0.500. The van der Waals surface area contributed by atoms with E-state index in [1.807, 2.05) is 0 Å². The van der Waals surface area contributed by atoms with Crippen LogP contribution >= 0.6 is 0 Å². The van der Waals surface area contributed by atoms with E-state index in [4.69, 9.17) is 0 Å². The van der Waals surface area contributed by atoms with Gasteiger partial charge in [-0.05, 0) is 18.1 Å². The largest absolute Gasteiger partial charge is 0.350 e. The fourth-order valence-corrected chi connectivity index (χ4v) is 3.31. The number of hydrogen-bond acceptors (Lipinski definition) is 2. The molecular weight excluding hydrogens is 234 g/mol.